The molecule has 312 valence electrons. The smallest absolute Gasteiger partial charge is 0.0546 e. The lowest BCUT2D eigenvalue weighted by molar-refractivity contribution is 0.662. The second kappa shape index (κ2) is 16.1. The largest absolute Gasteiger partial charge is 0.310 e. The highest BCUT2D eigenvalue weighted by Crippen LogP contribution is 2.52. The molecule has 0 unspecified atom stereocenters. The Balaban J connectivity index is 1.02. The van der Waals surface area contributed by atoms with Gasteiger partial charge in [0.15, 0.2) is 0 Å². The highest BCUT2D eigenvalue weighted by molar-refractivity contribution is 5.97. The van der Waals surface area contributed by atoms with Gasteiger partial charge >= 0.3 is 0 Å². The second-order valence-corrected chi connectivity index (χ2v) is 18.1. The maximum absolute atomic E-state index is 2.45. The fourth-order valence-electron chi connectivity index (χ4n) is 10.5. The molecule has 0 saturated carbocycles. The first-order chi connectivity index (χ1) is 32.5. The van der Waals surface area contributed by atoms with Crippen molar-refractivity contribution in [2.75, 3.05) is 4.90 Å². The van der Waals surface area contributed by atoms with Gasteiger partial charge in [-0.05, 0) is 136 Å². The molecule has 1 aliphatic carbocycles. The van der Waals surface area contributed by atoms with Crippen LogP contribution >= 0.6 is 0 Å². The van der Waals surface area contributed by atoms with Gasteiger partial charge in [-0.25, -0.2) is 0 Å². The summed E-state index contributed by atoms with van der Waals surface area (Å²) in [5.74, 6) is 0. The van der Waals surface area contributed by atoms with E-state index in [0.29, 0.717) is 0 Å². The molecule has 11 aromatic rings. The molecule has 0 spiro atoms. The number of hydrogen-bond donors (Lipinski definition) is 0. The van der Waals surface area contributed by atoms with E-state index in [-0.39, 0.29) is 5.41 Å². The van der Waals surface area contributed by atoms with Crippen LogP contribution in [-0.4, -0.2) is 0 Å². The summed E-state index contributed by atoms with van der Waals surface area (Å²) in [4.78, 5) is 2.45. The van der Waals surface area contributed by atoms with Crippen molar-refractivity contribution in [3.8, 4) is 66.8 Å². The van der Waals surface area contributed by atoms with Crippen LogP contribution in [0.25, 0.3) is 88.3 Å². The van der Waals surface area contributed by atoms with E-state index in [1.807, 2.05) is 0 Å². The lowest BCUT2D eigenvalue weighted by Gasteiger charge is -2.29. The average molecular weight is 842 g/mol. The molecule has 0 fully saturated rings. The van der Waals surface area contributed by atoms with E-state index in [4.69, 9.17) is 0 Å². The Hall–Kier alpha value is -8.26. The molecule has 0 saturated heterocycles. The van der Waals surface area contributed by atoms with Gasteiger partial charge < -0.3 is 4.90 Å². The molecule has 0 heterocycles. The third-order valence-corrected chi connectivity index (χ3v) is 13.8. The van der Waals surface area contributed by atoms with Crippen molar-refractivity contribution >= 4 is 38.6 Å². The van der Waals surface area contributed by atoms with Gasteiger partial charge in [0, 0.05) is 22.4 Å². The third kappa shape index (κ3) is 6.89. The Morgan fingerprint density at radius 3 is 1.36 bits per heavy atom. The van der Waals surface area contributed by atoms with Gasteiger partial charge in [-0.2, -0.15) is 0 Å². The standard InChI is InChI=1S/C65H47N/c1-65(2)62-22-11-10-19-60(62)61-21-12-20-59(64(61)65)50-33-38-57(39-34-50)66(56-36-31-49(32-37-56)48-25-23-47(24-26-48)44-13-4-3-5-14-44)63-43-54(53-29-27-45-15-6-8-17-51(45)41-53)35-40-58(63)55-30-28-46-16-7-9-18-52(46)42-55/h3-43H,1-2H3. The van der Waals surface area contributed by atoms with Crippen LogP contribution in [0.3, 0.4) is 0 Å². The van der Waals surface area contributed by atoms with Crippen molar-refractivity contribution in [2.45, 2.75) is 19.3 Å². The van der Waals surface area contributed by atoms with Crippen LogP contribution in [0.1, 0.15) is 25.0 Å². The van der Waals surface area contributed by atoms with E-state index in [9.17, 15) is 0 Å². The van der Waals surface area contributed by atoms with Crippen LogP contribution in [0.5, 0.6) is 0 Å². The molecule has 1 heteroatoms. The van der Waals surface area contributed by atoms with E-state index in [1.165, 1.54) is 93.9 Å². The van der Waals surface area contributed by atoms with Crippen LogP contribution in [0, 0.1) is 0 Å². The summed E-state index contributed by atoms with van der Waals surface area (Å²) in [5, 5.41) is 4.92. The molecule has 0 atom stereocenters. The Morgan fingerprint density at radius 1 is 0.273 bits per heavy atom. The summed E-state index contributed by atoms with van der Waals surface area (Å²) in [7, 11) is 0. The lowest BCUT2D eigenvalue weighted by atomic mass is 9.79. The SMILES string of the molecule is CC1(C)c2ccccc2-c2cccc(-c3ccc(N(c4ccc(-c5ccc(-c6ccccc6)cc5)cc4)c4cc(-c5ccc6ccccc6c5)ccc4-c4ccc5ccccc5c4)cc3)c21. The molecule has 0 radical (unpaired) electrons. The number of fused-ring (bicyclic) bond motifs is 5. The zero-order valence-electron chi connectivity index (χ0n) is 37.1. The molecule has 0 amide bonds. The highest BCUT2D eigenvalue weighted by Gasteiger charge is 2.37. The number of rotatable bonds is 8. The van der Waals surface area contributed by atoms with Crippen molar-refractivity contribution in [3.05, 3.63) is 260 Å². The molecular formula is C65H47N. The first-order valence-corrected chi connectivity index (χ1v) is 23.0. The number of nitrogens with zero attached hydrogens (tertiary/aromatic N) is 1. The molecule has 1 aliphatic rings. The van der Waals surface area contributed by atoms with Crippen LogP contribution in [0.2, 0.25) is 0 Å². The van der Waals surface area contributed by atoms with Gasteiger partial charge in [-0.3, -0.25) is 0 Å². The molecule has 1 nitrogen and oxygen atoms in total. The van der Waals surface area contributed by atoms with Gasteiger partial charge in [-0.1, -0.05) is 220 Å². The predicted octanol–water partition coefficient (Wildman–Crippen LogP) is 18.1. The van der Waals surface area contributed by atoms with E-state index in [2.05, 4.69) is 267 Å². The summed E-state index contributed by atoms with van der Waals surface area (Å²) in [5.41, 5.74) is 20.6. The Kier molecular flexibility index (Phi) is 9.58. The van der Waals surface area contributed by atoms with Crippen LogP contribution in [0.4, 0.5) is 17.1 Å². The molecule has 12 rings (SSSR count). The minimum atomic E-state index is -0.116. The zero-order valence-corrected chi connectivity index (χ0v) is 37.1. The fourth-order valence-corrected chi connectivity index (χ4v) is 10.5. The first-order valence-electron chi connectivity index (χ1n) is 23.0. The molecule has 0 aliphatic heterocycles. The summed E-state index contributed by atoms with van der Waals surface area (Å²) in [6.07, 6.45) is 0. The predicted molar refractivity (Wildman–Crippen MR) is 281 cm³/mol. The van der Waals surface area contributed by atoms with Crippen LogP contribution in [-0.2, 0) is 5.41 Å². The lowest BCUT2D eigenvalue weighted by Crippen LogP contribution is -2.16. The van der Waals surface area contributed by atoms with Gasteiger partial charge in [0.2, 0.25) is 0 Å². The van der Waals surface area contributed by atoms with E-state index >= 15 is 0 Å². The minimum absolute atomic E-state index is 0.116. The molecule has 0 bridgehead atoms. The topological polar surface area (TPSA) is 3.24 Å². The van der Waals surface area contributed by atoms with Gasteiger partial charge in [-0.15, -0.1) is 0 Å². The maximum Gasteiger partial charge on any atom is 0.0546 e. The quantitative estimate of drug-likeness (QED) is 0.147. The Morgan fingerprint density at radius 2 is 0.712 bits per heavy atom. The number of anilines is 3. The molecule has 66 heavy (non-hydrogen) atoms. The third-order valence-electron chi connectivity index (χ3n) is 13.8. The van der Waals surface area contributed by atoms with Crippen molar-refractivity contribution in [1.82, 2.24) is 0 Å². The van der Waals surface area contributed by atoms with Crippen LogP contribution < -0.4 is 4.90 Å². The monoisotopic (exact) mass is 841 g/mol. The zero-order chi connectivity index (χ0) is 44.2. The summed E-state index contributed by atoms with van der Waals surface area (Å²) < 4.78 is 0. The van der Waals surface area contributed by atoms with Crippen molar-refractivity contribution < 1.29 is 0 Å². The van der Waals surface area contributed by atoms with Crippen molar-refractivity contribution in [2.24, 2.45) is 0 Å². The number of benzene rings is 11. The normalized spacial score (nSPS) is 12.5. The maximum atomic E-state index is 2.45. The fraction of sp³-hybridized carbons (Fsp3) is 0.0462. The molecule has 0 N–H and O–H groups in total. The molecule has 11 aromatic carbocycles. The Labute approximate surface area is 387 Å². The molecule has 0 aromatic heterocycles. The minimum Gasteiger partial charge on any atom is -0.310 e. The summed E-state index contributed by atoms with van der Waals surface area (Å²) >= 11 is 0. The molecular weight excluding hydrogens is 795 g/mol. The van der Waals surface area contributed by atoms with Crippen molar-refractivity contribution in [3.63, 3.8) is 0 Å². The van der Waals surface area contributed by atoms with Gasteiger partial charge in [0.25, 0.3) is 0 Å². The second-order valence-electron chi connectivity index (χ2n) is 18.1. The summed E-state index contributed by atoms with van der Waals surface area (Å²) in [6, 6.07) is 91.5. The van der Waals surface area contributed by atoms with Gasteiger partial charge in [0.05, 0.1) is 5.69 Å². The summed E-state index contributed by atoms with van der Waals surface area (Å²) in [6.45, 7) is 4.74. The van der Waals surface area contributed by atoms with Gasteiger partial charge in [0.1, 0.15) is 0 Å². The van der Waals surface area contributed by atoms with E-state index in [0.717, 1.165) is 22.6 Å². The Bertz CT molecular complexity index is 3580. The van der Waals surface area contributed by atoms with Crippen LogP contribution in [0.15, 0.2) is 249 Å². The average Bonchev–Trinajstić information content (AvgIpc) is 3.62. The first kappa shape index (κ1) is 39.3. The number of hydrogen-bond acceptors (Lipinski definition) is 1. The van der Waals surface area contributed by atoms with Crippen molar-refractivity contribution in [1.29, 1.82) is 0 Å². The van der Waals surface area contributed by atoms with E-state index in [1.54, 1.807) is 0 Å². The highest BCUT2D eigenvalue weighted by atomic mass is 15.1. The van der Waals surface area contributed by atoms with E-state index < -0.39 is 0 Å².